The topological polar surface area (TPSA) is 141 Å². The van der Waals surface area contributed by atoms with E-state index in [4.69, 9.17) is 31.5 Å². The zero-order valence-electron chi connectivity index (χ0n) is 28.9. The molecule has 11 heteroatoms. The molecule has 0 aliphatic carbocycles. The van der Waals surface area contributed by atoms with Crippen LogP contribution >= 0.6 is 11.6 Å². The maximum Gasteiger partial charge on any atom is 0.328 e. The lowest BCUT2D eigenvalue weighted by molar-refractivity contribution is -0.145. The molecule has 0 aromatic heterocycles. The fourth-order valence-corrected chi connectivity index (χ4v) is 5.88. The van der Waals surface area contributed by atoms with Gasteiger partial charge in [0.25, 0.3) is 0 Å². The second-order valence-electron chi connectivity index (χ2n) is 11.8. The van der Waals surface area contributed by atoms with Gasteiger partial charge in [-0.3, -0.25) is 14.6 Å². The summed E-state index contributed by atoms with van der Waals surface area (Å²) in [6, 6.07) is 22.4. The molecule has 0 radical (unpaired) electrons. The number of hydrogen-bond acceptors (Lipinski definition) is 7. The van der Waals surface area contributed by atoms with Crippen LogP contribution in [0.3, 0.4) is 0 Å². The van der Waals surface area contributed by atoms with Crippen molar-refractivity contribution in [3.8, 4) is 22.6 Å². The number of nitrogens with one attached hydrogen (secondary N) is 2. The Morgan fingerprint density at radius 2 is 1.45 bits per heavy atom. The Bertz CT molecular complexity index is 1870. The number of benzene rings is 4. The molecular weight excluding hydrogens is 668 g/mol. The first-order valence-corrected chi connectivity index (χ1v) is 17.3. The lowest BCUT2D eigenvalue weighted by atomic mass is 9.92. The molecule has 0 aliphatic rings. The number of amides is 2. The molecule has 4 rings (SSSR count). The van der Waals surface area contributed by atoms with Crippen molar-refractivity contribution in [2.45, 2.75) is 50.6 Å². The zero-order valence-corrected chi connectivity index (χ0v) is 29.6. The van der Waals surface area contributed by atoms with Crippen molar-refractivity contribution in [1.82, 2.24) is 10.6 Å². The molecular formula is C40H45ClN4O6. The lowest BCUT2D eigenvalue weighted by Gasteiger charge is -2.22. The van der Waals surface area contributed by atoms with E-state index < -0.39 is 24.0 Å². The monoisotopic (exact) mass is 712 g/mol. The van der Waals surface area contributed by atoms with Crippen molar-refractivity contribution in [3.05, 3.63) is 98.1 Å². The van der Waals surface area contributed by atoms with E-state index in [9.17, 15) is 14.4 Å². The number of methoxy groups -OCH3 is 1. The van der Waals surface area contributed by atoms with E-state index in [0.717, 1.165) is 32.7 Å². The van der Waals surface area contributed by atoms with Crippen molar-refractivity contribution in [3.63, 3.8) is 0 Å². The van der Waals surface area contributed by atoms with Gasteiger partial charge >= 0.3 is 5.97 Å². The highest BCUT2D eigenvalue weighted by Crippen LogP contribution is 2.45. The third-order valence-electron chi connectivity index (χ3n) is 8.21. The van der Waals surface area contributed by atoms with Gasteiger partial charge in [-0.2, -0.15) is 0 Å². The molecule has 2 amide bonds. The number of amidine groups is 1. The SMILES string of the molecule is C=CCOc1ccc2ccccc2c1-c1c(OCCCC(=O)N[C@H](CCCCN=C(N)Cl)C(=O)N[C@@H](CC=C)C(=O)OC)ccc2ccccc12. The van der Waals surface area contributed by atoms with Crippen LogP contribution in [0.1, 0.15) is 38.5 Å². The second kappa shape index (κ2) is 19.7. The fraction of sp³-hybridized carbons (Fsp3) is 0.300. The van der Waals surface area contributed by atoms with Gasteiger partial charge in [0.2, 0.25) is 11.8 Å². The Morgan fingerprint density at radius 3 is 2.04 bits per heavy atom. The first-order valence-electron chi connectivity index (χ1n) is 16.9. The van der Waals surface area contributed by atoms with E-state index in [0.29, 0.717) is 50.3 Å². The van der Waals surface area contributed by atoms with Crippen molar-refractivity contribution in [1.29, 1.82) is 0 Å². The Kier molecular flexibility index (Phi) is 14.9. The van der Waals surface area contributed by atoms with Gasteiger partial charge in [0, 0.05) is 24.1 Å². The van der Waals surface area contributed by atoms with Gasteiger partial charge in [0.15, 0.2) is 5.29 Å². The summed E-state index contributed by atoms with van der Waals surface area (Å²) >= 11 is 5.62. The quantitative estimate of drug-likeness (QED) is 0.0228. The second-order valence-corrected chi connectivity index (χ2v) is 12.2. The maximum atomic E-state index is 13.3. The standard InChI is InChI=1S/C40H45ClN4O6/c1-4-13-32(39(48)49-3)45-38(47)31(18-10-11-24-43-40(41)42)44-35(46)19-12-26-51-34-23-21-28-15-7-9-17-30(28)37(34)36-29-16-8-6-14-27(29)20-22-33(36)50-25-5-2/h4-9,14-17,20-23,31-32H,1-2,10-13,18-19,24-26H2,3H3,(H2,42,43)(H,44,46)(H,45,47)/t31-,32+/m1/s1. The Balaban J connectivity index is 1.50. The summed E-state index contributed by atoms with van der Waals surface area (Å²) in [6.07, 6.45) is 5.36. The van der Waals surface area contributed by atoms with Crippen LogP contribution in [0.2, 0.25) is 0 Å². The number of hydrogen-bond donors (Lipinski definition) is 3. The molecule has 0 saturated heterocycles. The number of halogens is 1. The molecule has 4 aromatic carbocycles. The summed E-state index contributed by atoms with van der Waals surface area (Å²) in [5.41, 5.74) is 7.21. The number of ether oxygens (including phenoxy) is 3. The van der Waals surface area contributed by atoms with Gasteiger partial charge in [-0.05, 0) is 77.4 Å². The number of rotatable bonds is 20. The molecule has 2 atom stereocenters. The summed E-state index contributed by atoms with van der Waals surface area (Å²) < 4.78 is 17.4. The Hall–Kier alpha value is -5.35. The van der Waals surface area contributed by atoms with E-state index in [1.807, 2.05) is 48.5 Å². The van der Waals surface area contributed by atoms with E-state index in [1.165, 1.54) is 13.2 Å². The van der Waals surface area contributed by atoms with E-state index >= 15 is 0 Å². The van der Waals surface area contributed by atoms with Crippen LogP contribution in [0.15, 0.2) is 103 Å². The number of nitrogens with zero attached hydrogens (tertiary/aromatic N) is 1. The molecule has 0 bridgehead atoms. The summed E-state index contributed by atoms with van der Waals surface area (Å²) in [5, 5.41) is 9.60. The minimum absolute atomic E-state index is 0.0421. The van der Waals surface area contributed by atoms with Crippen LogP contribution in [-0.2, 0) is 19.1 Å². The summed E-state index contributed by atoms with van der Waals surface area (Å²) in [7, 11) is 1.24. The van der Waals surface area contributed by atoms with Crippen molar-refractivity contribution < 1.29 is 28.6 Å². The molecule has 51 heavy (non-hydrogen) atoms. The highest BCUT2D eigenvalue weighted by atomic mass is 35.5. The van der Waals surface area contributed by atoms with Crippen molar-refractivity contribution >= 4 is 56.2 Å². The van der Waals surface area contributed by atoms with Crippen molar-refractivity contribution in [2.24, 2.45) is 10.7 Å². The zero-order chi connectivity index (χ0) is 36.6. The van der Waals surface area contributed by atoms with Crippen LogP contribution in [0.4, 0.5) is 0 Å². The number of carbonyl (C=O) groups excluding carboxylic acids is 3. The minimum atomic E-state index is -0.922. The average Bonchev–Trinajstić information content (AvgIpc) is 3.14. The Labute approximate surface area is 303 Å². The third-order valence-corrected chi connectivity index (χ3v) is 8.33. The Morgan fingerprint density at radius 1 is 0.824 bits per heavy atom. The predicted molar refractivity (Wildman–Crippen MR) is 204 cm³/mol. The molecule has 268 valence electrons. The number of unbranched alkanes of at least 4 members (excludes halogenated alkanes) is 1. The molecule has 0 aliphatic heterocycles. The van der Waals surface area contributed by atoms with Crippen LogP contribution < -0.4 is 25.8 Å². The van der Waals surface area contributed by atoms with Crippen LogP contribution in [-0.4, -0.2) is 62.0 Å². The van der Waals surface area contributed by atoms with E-state index in [-0.39, 0.29) is 30.7 Å². The number of nitrogens with two attached hydrogens (primary N) is 1. The van der Waals surface area contributed by atoms with Gasteiger partial charge in [-0.1, -0.05) is 79.4 Å². The number of aliphatic imine (C=N–C) groups is 1. The molecule has 0 unspecified atom stereocenters. The van der Waals surface area contributed by atoms with Crippen molar-refractivity contribution in [2.75, 3.05) is 26.9 Å². The van der Waals surface area contributed by atoms with E-state index in [1.54, 1.807) is 6.08 Å². The van der Waals surface area contributed by atoms with Crippen LogP contribution in [0.25, 0.3) is 32.7 Å². The number of carbonyl (C=O) groups is 3. The molecule has 10 nitrogen and oxygen atoms in total. The first kappa shape index (κ1) is 38.5. The molecule has 0 heterocycles. The van der Waals surface area contributed by atoms with Crippen LogP contribution in [0.5, 0.6) is 11.5 Å². The average molecular weight is 713 g/mol. The van der Waals surface area contributed by atoms with Gasteiger partial charge in [0.05, 0.1) is 13.7 Å². The normalized spacial score (nSPS) is 12.5. The molecule has 0 fully saturated rings. The molecule has 0 saturated carbocycles. The number of fused-ring (bicyclic) bond motifs is 2. The molecule has 4 N–H and O–H groups in total. The highest BCUT2D eigenvalue weighted by molar-refractivity contribution is 6.64. The summed E-state index contributed by atoms with van der Waals surface area (Å²) in [6.45, 7) is 8.43. The van der Waals surface area contributed by atoms with Crippen LogP contribution in [0, 0.1) is 0 Å². The largest absolute Gasteiger partial charge is 0.493 e. The maximum absolute atomic E-state index is 13.3. The van der Waals surface area contributed by atoms with Gasteiger partial charge in [-0.25, -0.2) is 4.79 Å². The fourth-order valence-electron chi connectivity index (χ4n) is 5.80. The number of esters is 1. The first-order chi connectivity index (χ1) is 24.8. The summed E-state index contributed by atoms with van der Waals surface area (Å²) in [4.78, 5) is 42.6. The lowest BCUT2D eigenvalue weighted by Crippen LogP contribution is -2.51. The highest BCUT2D eigenvalue weighted by Gasteiger charge is 2.26. The van der Waals surface area contributed by atoms with E-state index in [2.05, 4.69) is 53.0 Å². The third kappa shape index (κ3) is 10.8. The predicted octanol–water partition coefficient (Wildman–Crippen LogP) is 6.83. The molecule has 0 spiro atoms. The summed E-state index contributed by atoms with van der Waals surface area (Å²) in [5.74, 6) is -0.0645. The smallest absolute Gasteiger partial charge is 0.328 e. The molecule has 4 aromatic rings. The minimum Gasteiger partial charge on any atom is -0.493 e. The van der Waals surface area contributed by atoms with Gasteiger partial charge in [-0.15, -0.1) is 6.58 Å². The van der Waals surface area contributed by atoms with Gasteiger partial charge < -0.3 is 30.6 Å². The van der Waals surface area contributed by atoms with Gasteiger partial charge in [0.1, 0.15) is 30.2 Å².